The van der Waals surface area contributed by atoms with Crippen LogP contribution in [0.15, 0.2) is 28.9 Å². The standard InChI is InChI=1S/C12H15NO3/c14-12(6-5-10-3-1-7-15-10)13-9-11-4-2-8-16-11/h1,3,5-7,11H,2,4,8-9H2,(H,13,14)/b6-5+/t11-/m0/s1. The van der Waals surface area contributed by atoms with E-state index in [0.29, 0.717) is 12.3 Å². The lowest BCUT2D eigenvalue weighted by atomic mass is 10.2. The van der Waals surface area contributed by atoms with Gasteiger partial charge in [0.15, 0.2) is 0 Å². The van der Waals surface area contributed by atoms with Crippen LogP contribution in [-0.4, -0.2) is 25.2 Å². The number of rotatable bonds is 4. The van der Waals surface area contributed by atoms with E-state index in [-0.39, 0.29) is 12.0 Å². The van der Waals surface area contributed by atoms with Gasteiger partial charge in [0.2, 0.25) is 5.91 Å². The maximum atomic E-state index is 11.4. The summed E-state index contributed by atoms with van der Waals surface area (Å²) in [7, 11) is 0. The molecule has 0 spiro atoms. The molecule has 1 aliphatic heterocycles. The molecule has 0 aromatic carbocycles. The quantitative estimate of drug-likeness (QED) is 0.785. The average Bonchev–Trinajstić information content (AvgIpc) is 2.96. The maximum Gasteiger partial charge on any atom is 0.244 e. The first-order valence-corrected chi connectivity index (χ1v) is 5.45. The van der Waals surface area contributed by atoms with E-state index in [4.69, 9.17) is 9.15 Å². The van der Waals surface area contributed by atoms with E-state index >= 15 is 0 Å². The van der Waals surface area contributed by atoms with Crippen molar-refractivity contribution in [3.05, 3.63) is 30.2 Å². The van der Waals surface area contributed by atoms with E-state index in [9.17, 15) is 4.79 Å². The summed E-state index contributed by atoms with van der Waals surface area (Å²) >= 11 is 0. The highest BCUT2D eigenvalue weighted by atomic mass is 16.5. The molecule has 1 fully saturated rings. The largest absolute Gasteiger partial charge is 0.465 e. The van der Waals surface area contributed by atoms with Gasteiger partial charge in [-0.15, -0.1) is 0 Å². The summed E-state index contributed by atoms with van der Waals surface area (Å²) in [5.41, 5.74) is 0. The topological polar surface area (TPSA) is 51.5 Å². The maximum absolute atomic E-state index is 11.4. The van der Waals surface area contributed by atoms with Gasteiger partial charge in [-0.3, -0.25) is 4.79 Å². The fourth-order valence-electron chi connectivity index (χ4n) is 1.62. The third-order valence-corrected chi connectivity index (χ3v) is 2.47. The molecule has 1 amide bonds. The third kappa shape index (κ3) is 3.24. The minimum absolute atomic E-state index is 0.119. The number of furan rings is 1. The van der Waals surface area contributed by atoms with Crippen molar-refractivity contribution < 1.29 is 13.9 Å². The number of carbonyl (C=O) groups excluding carboxylic acids is 1. The Bertz CT molecular complexity index is 350. The van der Waals surface area contributed by atoms with Crippen LogP contribution in [0, 0.1) is 0 Å². The Hall–Kier alpha value is -1.55. The van der Waals surface area contributed by atoms with Crippen molar-refractivity contribution in [1.82, 2.24) is 5.32 Å². The van der Waals surface area contributed by atoms with Gasteiger partial charge in [-0.25, -0.2) is 0 Å². The summed E-state index contributed by atoms with van der Waals surface area (Å²) in [5.74, 6) is 0.555. The Morgan fingerprint density at radius 1 is 1.62 bits per heavy atom. The Morgan fingerprint density at radius 3 is 3.25 bits per heavy atom. The third-order valence-electron chi connectivity index (χ3n) is 2.47. The molecule has 1 aromatic rings. The van der Waals surface area contributed by atoms with E-state index in [1.165, 1.54) is 6.08 Å². The predicted molar refractivity (Wildman–Crippen MR) is 59.7 cm³/mol. The Kier molecular flexibility index (Phi) is 3.77. The number of carbonyl (C=O) groups is 1. The number of amides is 1. The SMILES string of the molecule is O=C(/C=C/c1ccco1)NC[C@@H]1CCCO1. The van der Waals surface area contributed by atoms with Gasteiger partial charge in [0.05, 0.1) is 12.4 Å². The van der Waals surface area contributed by atoms with Crippen LogP contribution in [0.1, 0.15) is 18.6 Å². The highest BCUT2D eigenvalue weighted by Gasteiger charge is 2.15. The van der Waals surface area contributed by atoms with E-state index in [0.717, 1.165) is 19.4 Å². The van der Waals surface area contributed by atoms with Gasteiger partial charge in [0.25, 0.3) is 0 Å². The summed E-state index contributed by atoms with van der Waals surface area (Å²) in [6.45, 7) is 1.39. The van der Waals surface area contributed by atoms with Crippen molar-refractivity contribution in [2.24, 2.45) is 0 Å². The molecule has 16 heavy (non-hydrogen) atoms. The zero-order valence-corrected chi connectivity index (χ0v) is 9.02. The lowest BCUT2D eigenvalue weighted by molar-refractivity contribution is -0.116. The van der Waals surface area contributed by atoms with Gasteiger partial charge in [-0.1, -0.05) is 0 Å². The number of ether oxygens (including phenoxy) is 1. The van der Waals surface area contributed by atoms with Crippen LogP contribution < -0.4 is 5.32 Å². The first kappa shape index (κ1) is 11.0. The second-order valence-electron chi connectivity index (χ2n) is 3.73. The van der Waals surface area contributed by atoms with E-state index in [1.54, 1.807) is 24.5 Å². The van der Waals surface area contributed by atoms with Gasteiger partial charge in [0.1, 0.15) is 5.76 Å². The molecule has 86 valence electrons. The van der Waals surface area contributed by atoms with Crippen molar-refractivity contribution in [3.8, 4) is 0 Å². The summed E-state index contributed by atoms with van der Waals surface area (Å²) < 4.78 is 10.5. The molecule has 1 N–H and O–H groups in total. The molecule has 4 nitrogen and oxygen atoms in total. The lowest BCUT2D eigenvalue weighted by Gasteiger charge is -2.08. The van der Waals surface area contributed by atoms with Gasteiger partial charge in [-0.05, 0) is 31.1 Å². The molecule has 4 heteroatoms. The summed E-state index contributed by atoms with van der Waals surface area (Å²) in [4.78, 5) is 11.4. The van der Waals surface area contributed by atoms with Gasteiger partial charge in [-0.2, -0.15) is 0 Å². The van der Waals surface area contributed by atoms with Crippen molar-refractivity contribution in [2.45, 2.75) is 18.9 Å². The molecule has 2 heterocycles. The molecule has 2 rings (SSSR count). The molecular weight excluding hydrogens is 206 g/mol. The fourth-order valence-corrected chi connectivity index (χ4v) is 1.62. The van der Waals surface area contributed by atoms with E-state index in [2.05, 4.69) is 5.32 Å². The molecule has 0 aliphatic carbocycles. The van der Waals surface area contributed by atoms with Crippen LogP contribution >= 0.6 is 0 Å². The highest BCUT2D eigenvalue weighted by molar-refractivity contribution is 5.91. The van der Waals surface area contributed by atoms with Crippen molar-refractivity contribution in [1.29, 1.82) is 0 Å². The molecule has 0 bridgehead atoms. The molecule has 0 saturated carbocycles. The smallest absolute Gasteiger partial charge is 0.244 e. The summed E-state index contributed by atoms with van der Waals surface area (Å²) in [6, 6.07) is 3.58. The van der Waals surface area contributed by atoms with Crippen LogP contribution in [0.3, 0.4) is 0 Å². The Balaban J connectivity index is 1.71. The molecular formula is C12H15NO3. The molecule has 1 aliphatic rings. The van der Waals surface area contributed by atoms with Crippen LogP contribution in [0.25, 0.3) is 6.08 Å². The second-order valence-corrected chi connectivity index (χ2v) is 3.73. The van der Waals surface area contributed by atoms with Crippen LogP contribution in [0.2, 0.25) is 0 Å². The minimum Gasteiger partial charge on any atom is -0.465 e. The lowest BCUT2D eigenvalue weighted by Crippen LogP contribution is -2.30. The van der Waals surface area contributed by atoms with Gasteiger partial charge in [0, 0.05) is 19.2 Å². The van der Waals surface area contributed by atoms with Crippen LogP contribution in [0.5, 0.6) is 0 Å². The minimum atomic E-state index is -0.119. The monoisotopic (exact) mass is 221 g/mol. The number of hydrogen-bond donors (Lipinski definition) is 1. The summed E-state index contributed by atoms with van der Waals surface area (Å²) in [6.07, 6.45) is 6.98. The normalized spacial score (nSPS) is 20.4. The Labute approximate surface area is 94.3 Å². The second kappa shape index (κ2) is 5.51. The molecule has 1 aromatic heterocycles. The molecule has 0 radical (unpaired) electrons. The fraction of sp³-hybridized carbons (Fsp3) is 0.417. The first-order chi connectivity index (χ1) is 7.84. The highest BCUT2D eigenvalue weighted by Crippen LogP contribution is 2.10. The van der Waals surface area contributed by atoms with E-state index in [1.807, 2.05) is 0 Å². The zero-order chi connectivity index (χ0) is 11.2. The number of hydrogen-bond acceptors (Lipinski definition) is 3. The first-order valence-electron chi connectivity index (χ1n) is 5.45. The molecule has 1 atom stereocenters. The molecule has 0 unspecified atom stereocenters. The van der Waals surface area contributed by atoms with Gasteiger partial charge >= 0.3 is 0 Å². The zero-order valence-electron chi connectivity index (χ0n) is 9.02. The number of nitrogens with one attached hydrogen (secondary N) is 1. The van der Waals surface area contributed by atoms with Crippen LogP contribution in [-0.2, 0) is 9.53 Å². The van der Waals surface area contributed by atoms with Gasteiger partial charge < -0.3 is 14.5 Å². The molecule has 1 saturated heterocycles. The summed E-state index contributed by atoms with van der Waals surface area (Å²) in [5, 5.41) is 2.79. The van der Waals surface area contributed by atoms with Crippen molar-refractivity contribution in [3.63, 3.8) is 0 Å². The van der Waals surface area contributed by atoms with Crippen molar-refractivity contribution in [2.75, 3.05) is 13.2 Å². The Morgan fingerprint density at radius 2 is 2.56 bits per heavy atom. The van der Waals surface area contributed by atoms with E-state index < -0.39 is 0 Å². The predicted octanol–water partition coefficient (Wildman–Crippen LogP) is 1.59. The van der Waals surface area contributed by atoms with Crippen molar-refractivity contribution >= 4 is 12.0 Å². The van der Waals surface area contributed by atoms with Crippen LogP contribution in [0.4, 0.5) is 0 Å². The average molecular weight is 221 g/mol.